The van der Waals surface area contributed by atoms with E-state index in [0.717, 1.165) is 46.2 Å². The maximum atomic E-state index is 4.82. The Balaban J connectivity index is 1.49. The summed E-state index contributed by atoms with van der Waals surface area (Å²) in [6.45, 7) is 4.63. The summed E-state index contributed by atoms with van der Waals surface area (Å²) in [4.78, 5) is 12.0. The first kappa shape index (κ1) is 21.6. The molecule has 0 aliphatic carbocycles. The van der Waals surface area contributed by atoms with Crippen LogP contribution in [0.25, 0.3) is 11.3 Å². The molecule has 1 aromatic heterocycles. The van der Waals surface area contributed by atoms with Crippen LogP contribution in [-0.4, -0.2) is 22.1 Å². The lowest BCUT2D eigenvalue weighted by Crippen LogP contribution is -2.28. The third kappa shape index (κ3) is 6.44. The quantitative estimate of drug-likeness (QED) is 0.241. The van der Waals surface area contributed by atoms with Gasteiger partial charge in [0.25, 0.3) is 0 Å². The summed E-state index contributed by atoms with van der Waals surface area (Å²) >= 11 is 5.06. The Morgan fingerprint density at radius 1 is 0.871 bits per heavy atom. The molecule has 4 aromatic rings. The molecule has 0 atom stereocenters. The van der Waals surface area contributed by atoms with E-state index >= 15 is 0 Å². The second-order valence-corrected chi connectivity index (χ2v) is 9.24. The Hall–Kier alpha value is -2.60. The van der Waals surface area contributed by atoms with Gasteiger partial charge in [-0.15, -0.1) is 11.3 Å². The largest absolute Gasteiger partial charge is 0.289 e. The van der Waals surface area contributed by atoms with Gasteiger partial charge in [0.05, 0.1) is 5.69 Å². The lowest BCUT2D eigenvalue weighted by molar-refractivity contribution is 0.294. The van der Waals surface area contributed by atoms with Crippen LogP contribution in [0.3, 0.4) is 0 Å². The molecule has 0 saturated heterocycles. The molecule has 1 heterocycles. The van der Waals surface area contributed by atoms with E-state index in [0.29, 0.717) is 0 Å². The van der Waals surface area contributed by atoms with E-state index in [1.807, 2.05) is 12.1 Å². The Morgan fingerprint density at radius 3 is 2.03 bits per heavy atom. The summed E-state index contributed by atoms with van der Waals surface area (Å²) in [5, 5.41) is 2.87. The van der Waals surface area contributed by atoms with Crippen LogP contribution in [0.5, 0.6) is 0 Å². The van der Waals surface area contributed by atoms with E-state index in [-0.39, 0.29) is 0 Å². The summed E-state index contributed by atoms with van der Waals surface area (Å²) in [7, 11) is 0. The van der Waals surface area contributed by atoms with Gasteiger partial charge in [-0.3, -0.25) is 4.90 Å². The van der Waals surface area contributed by atoms with Gasteiger partial charge in [0.1, 0.15) is 0 Å². The van der Waals surface area contributed by atoms with Crippen LogP contribution >= 0.6 is 27.3 Å². The average molecular weight is 490 g/mol. The Labute approximate surface area is 196 Å². The van der Waals surface area contributed by atoms with Crippen molar-refractivity contribution in [1.82, 2.24) is 9.88 Å². The molecular formula is C26H24BrN3S. The van der Waals surface area contributed by atoms with Crippen molar-refractivity contribution in [1.29, 1.82) is 0 Å². The molecule has 3 nitrogen and oxygen atoms in total. The Kier molecular flexibility index (Phi) is 7.41. The number of halogens is 1. The first-order valence-corrected chi connectivity index (χ1v) is 11.9. The molecule has 0 saturated carbocycles. The zero-order valence-electron chi connectivity index (χ0n) is 17.4. The van der Waals surface area contributed by atoms with Crippen molar-refractivity contribution in [2.75, 3.05) is 6.54 Å². The van der Waals surface area contributed by atoms with Crippen LogP contribution in [0, 0.1) is 0 Å². The smallest absolute Gasteiger partial charge is 0.209 e. The predicted octanol–water partition coefficient (Wildman–Crippen LogP) is 7.37. The summed E-state index contributed by atoms with van der Waals surface area (Å²) in [6.07, 6.45) is 0. The minimum Gasteiger partial charge on any atom is -0.289 e. The van der Waals surface area contributed by atoms with Crippen LogP contribution in [0.4, 0.5) is 5.13 Å². The Morgan fingerprint density at radius 2 is 1.45 bits per heavy atom. The van der Waals surface area contributed by atoms with Crippen LogP contribution in [0.2, 0.25) is 0 Å². The van der Waals surface area contributed by atoms with Gasteiger partial charge in [0.15, 0.2) is 0 Å². The van der Waals surface area contributed by atoms with Gasteiger partial charge in [-0.2, -0.15) is 0 Å². The summed E-state index contributed by atoms with van der Waals surface area (Å²) in [6, 6.07) is 29.4. The van der Waals surface area contributed by atoms with E-state index in [4.69, 9.17) is 9.98 Å². The van der Waals surface area contributed by atoms with Crippen molar-refractivity contribution in [3.8, 4) is 11.3 Å². The van der Waals surface area contributed by atoms with Crippen molar-refractivity contribution in [3.05, 3.63) is 106 Å². The molecular weight excluding hydrogens is 466 g/mol. The molecule has 0 unspecified atom stereocenters. The Bertz CT molecular complexity index is 1080. The first-order valence-electron chi connectivity index (χ1n) is 10.2. The molecule has 3 aromatic carbocycles. The van der Waals surface area contributed by atoms with E-state index in [1.165, 1.54) is 11.1 Å². The van der Waals surface area contributed by atoms with Crippen LogP contribution < -0.4 is 0 Å². The number of hydrogen-bond acceptors (Lipinski definition) is 4. The zero-order valence-corrected chi connectivity index (χ0v) is 19.8. The normalized spacial score (nSPS) is 11.8. The number of benzene rings is 3. The minimum atomic E-state index is 0.789. The van der Waals surface area contributed by atoms with Crippen molar-refractivity contribution in [2.24, 2.45) is 4.99 Å². The van der Waals surface area contributed by atoms with Gasteiger partial charge in [-0.1, -0.05) is 88.7 Å². The number of nitrogens with zero attached hydrogens (tertiary/aromatic N) is 3. The molecule has 5 heteroatoms. The molecule has 0 spiro atoms. The van der Waals surface area contributed by atoms with Gasteiger partial charge in [-0.25, -0.2) is 9.98 Å². The molecule has 31 heavy (non-hydrogen) atoms. The van der Waals surface area contributed by atoms with Crippen molar-refractivity contribution < 1.29 is 0 Å². The third-order valence-electron chi connectivity index (χ3n) is 4.87. The van der Waals surface area contributed by atoms with Crippen LogP contribution in [0.1, 0.15) is 18.1 Å². The standard InChI is InChI=1S/C26H24BrN3S/c1-20(28-26-29-25(19-31-26)23-12-14-24(27)15-13-23)16-30(17-21-8-4-2-5-9-21)18-22-10-6-3-7-11-22/h2-15,19H,16-18H2,1H3. The zero-order chi connectivity index (χ0) is 21.5. The molecule has 4 rings (SSSR count). The number of aliphatic imine (C=N–C) groups is 1. The van der Waals surface area contributed by atoms with Crippen molar-refractivity contribution in [3.63, 3.8) is 0 Å². The highest BCUT2D eigenvalue weighted by molar-refractivity contribution is 9.10. The fraction of sp³-hybridized carbons (Fsp3) is 0.154. The molecule has 0 fully saturated rings. The minimum absolute atomic E-state index is 0.789. The molecule has 0 bridgehead atoms. The fourth-order valence-corrected chi connectivity index (χ4v) is 4.47. The van der Waals surface area contributed by atoms with Gasteiger partial charge < -0.3 is 0 Å². The summed E-state index contributed by atoms with van der Waals surface area (Å²) in [5.74, 6) is 0. The summed E-state index contributed by atoms with van der Waals surface area (Å²) in [5.41, 5.74) is 5.74. The number of thiazole rings is 1. The van der Waals surface area contributed by atoms with Gasteiger partial charge in [0, 0.05) is 40.8 Å². The monoisotopic (exact) mass is 489 g/mol. The average Bonchev–Trinajstić information content (AvgIpc) is 3.24. The molecule has 0 N–H and O–H groups in total. The lowest BCUT2D eigenvalue weighted by Gasteiger charge is -2.22. The highest BCUT2D eigenvalue weighted by Crippen LogP contribution is 2.28. The maximum Gasteiger partial charge on any atom is 0.209 e. The van der Waals surface area contributed by atoms with Crippen LogP contribution in [-0.2, 0) is 13.1 Å². The van der Waals surface area contributed by atoms with Gasteiger partial charge in [-0.05, 0) is 30.2 Å². The second-order valence-electron chi connectivity index (χ2n) is 7.49. The second kappa shape index (κ2) is 10.6. The highest BCUT2D eigenvalue weighted by Gasteiger charge is 2.10. The van der Waals surface area contributed by atoms with Crippen LogP contribution in [0.15, 0.2) is 99.8 Å². The van der Waals surface area contributed by atoms with Crippen molar-refractivity contribution in [2.45, 2.75) is 20.0 Å². The van der Waals surface area contributed by atoms with Gasteiger partial charge >= 0.3 is 0 Å². The molecule has 0 radical (unpaired) electrons. The first-order chi connectivity index (χ1) is 15.2. The topological polar surface area (TPSA) is 28.5 Å². The fourth-order valence-electron chi connectivity index (χ4n) is 3.44. The molecule has 156 valence electrons. The third-order valence-corrected chi connectivity index (χ3v) is 6.13. The predicted molar refractivity (Wildman–Crippen MR) is 135 cm³/mol. The molecule has 0 aliphatic heterocycles. The SMILES string of the molecule is CC(CN(Cc1ccccc1)Cc1ccccc1)=Nc1nc(-c2ccc(Br)cc2)cs1. The number of aromatic nitrogens is 1. The molecule has 0 amide bonds. The highest BCUT2D eigenvalue weighted by atomic mass is 79.9. The van der Waals surface area contributed by atoms with E-state index in [1.54, 1.807) is 11.3 Å². The van der Waals surface area contributed by atoms with Gasteiger partial charge in [0.2, 0.25) is 5.13 Å². The number of rotatable bonds is 8. The van der Waals surface area contributed by atoms with E-state index < -0.39 is 0 Å². The van der Waals surface area contributed by atoms with E-state index in [9.17, 15) is 0 Å². The summed E-state index contributed by atoms with van der Waals surface area (Å²) < 4.78 is 1.07. The van der Waals surface area contributed by atoms with Crippen molar-refractivity contribution >= 4 is 38.1 Å². The number of hydrogen-bond donors (Lipinski definition) is 0. The lowest BCUT2D eigenvalue weighted by atomic mass is 10.1. The maximum absolute atomic E-state index is 4.82. The molecule has 0 aliphatic rings. The van der Waals surface area contributed by atoms with E-state index in [2.05, 4.69) is 106 Å².